The number of carbonyl (C=O) groups is 2. The van der Waals surface area contributed by atoms with Crippen molar-refractivity contribution in [2.24, 2.45) is 5.41 Å². The SMILES string of the molecule is Cc1ccccc1[C@H](CC(=O)O)NC(=O)c1cc(OC[C@@](C)(O)C(C)(C)C)n(-c2ccccc2)n1. The van der Waals surface area contributed by atoms with Crippen molar-refractivity contribution in [3.05, 3.63) is 77.5 Å². The first kappa shape index (κ1) is 26.0. The Kier molecular flexibility index (Phi) is 7.65. The zero-order valence-corrected chi connectivity index (χ0v) is 20.8. The van der Waals surface area contributed by atoms with Gasteiger partial charge in [-0.3, -0.25) is 9.59 Å². The van der Waals surface area contributed by atoms with Crippen LogP contribution in [0, 0.1) is 12.3 Å². The van der Waals surface area contributed by atoms with Gasteiger partial charge in [-0.05, 0) is 42.5 Å². The number of ether oxygens (including phenoxy) is 1. The van der Waals surface area contributed by atoms with Gasteiger partial charge in [0.2, 0.25) is 5.88 Å². The molecular weight excluding hydrogens is 446 g/mol. The van der Waals surface area contributed by atoms with Crippen molar-refractivity contribution in [2.45, 2.75) is 52.7 Å². The summed E-state index contributed by atoms with van der Waals surface area (Å²) in [5.41, 5.74) is 0.771. The highest BCUT2D eigenvalue weighted by molar-refractivity contribution is 5.93. The number of hydrogen-bond donors (Lipinski definition) is 3. The lowest BCUT2D eigenvalue weighted by Gasteiger charge is -2.36. The van der Waals surface area contributed by atoms with Crippen LogP contribution in [-0.4, -0.2) is 44.1 Å². The van der Waals surface area contributed by atoms with Crippen LogP contribution in [0.25, 0.3) is 5.69 Å². The average Bonchev–Trinajstić information content (AvgIpc) is 3.22. The number of aliphatic hydroxyl groups is 1. The Labute approximate surface area is 205 Å². The van der Waals surface area contributed by atoms with Crippen molar-refractivity contribution in [2.75, 3.05) is 6.61 Å². The molecular formula is C27H33N3O5. The molecule has 2 atom stereocenters. The molecule has 0 aliphatic carbocycles. The predicted molar refractivity (Wildman–Crippen MR) is 133 cm³/mol. The van der Waals surface area contributed by atoms with Gasteiger partial charge in [0.1, 0.15) is 12.2 Å². The molecule has 8 nitrogen and oxygen atoms in total. The van der Waals surface area contributed by atoms with E-state index in [1.807, 2.05) is 70.2 Å². The number of rotatable bonds is 9. The van der Waals surface area contributed by atoms with Crippen molar-refractivity contribution in [3.63, 3.8) is 0 Å². The number of nitrogens with zero attached hydrogens (tertiary/aromatic N) is 2. The Balaban J connectivity index is 1.92. The smallest absolute Gasteiger partial charge is 0.305 e. The normalized spacial score (nSPS) is 14.1. The van der Waals surface area contributed by atoms with Gasteiger partial charge in [0.15, 0.2) is 5.69 Å². The minimum atomic E-state index is -1.14. The Morgan fingerprint density at radius 2 is 1.69 bits per heavy atom. The summed E-state index contributed by atoms with van der Waals surface area (Å²) in [6.45, 7) is 9.30. The van der Waals surface area contributed by atoms with Crippen LogP contribution >= 0.6 is 0 Å². The van der Waals surface area contributed by atoms with Crippen LogP contribution in [0.1, 0.15) is 61.8 Å². The minimum absolute atomic E-state index is 0.0130. The molecule has 8 heteroatoms. The van der Waals surface area contributed by atoms with E-state index in [1.54, 1.807) is 19.1 Å². The Morgan fingerprint density at radius 3 is 2.29 bits per heavy atom. The van der Waals surface area contributed by atoms with Crippen LogP contribution in [0.3, 0.4) is 0 Å². The highest BCUT2D eigenvalue weighted by atomic mass is 16.5. The van der Waals surface area contributed by atoms with Crippen molar-refractivity contribution >= 4 is 11.9 Å². The average molecular weight is 480 g/mol. The fourth-order valence-corrected chi connectivity index (χ4v) is 3.39. The molecule has 1 heterocycles. The molecule has 0 saturated heterocycles. The molecule has 0 fully saturated rings. The maximum Gasteiger partial charge on any atom is 0.305 e. The summed E-state index contributed by atoms with van der Waals surface area (Å²) in [4.78, 5) is 24.7. The molecule has 0 aliphatic heterocycles. The van der Waals surface area contributed by atoms with Crippen molar-refractivity contribution in [1.82, 2.24) is 15.1 Å². The predicted octanol–water partition coefficient (Wildman–Crippen LogP) is 4.30. The summed E-state index contributed by atoms with van der Waals surface area (Å²) in [5.74, 6) is -1.26. The third-order valence-corrected chi connectivity index (χ3v) is 6.27. The van der Waals surface area contributed by atoms with E-state index in [2.05, 4.69) is 10.4 Å². The lowest BCUT2D eigenvalue weighted by atomic mass is 9.78. The Hall–Kier alpha value is -3.65. The van der Waals surface area contributed by atoms with E-state index in [9.17, 15) is 19.8 Å². The molecule has 2 aromatic carbocycles. The Morgan fingerprint density at radius 1 is 1.06 bits per heavy atom. The number of carbonyl (C=O) groups excluding carboxylic acids is 1. The van der Waals surface area contributed by atoms with Gasteiger partial charge >= 0.3 is 5.97 Å². The fraction of sp³-hybridized carbons (Fsp3) is 0.370. The maximum absolute atomic E-state index is 13.2. The van der Waals surface area contributed by atoms with Gasteiger partial charge in [-0.25, -0.2) is 4.68 Å². The van der Waals surface area contributed by atoms with Gasteiger partial charge < -0.3 is 20.3 Å². The number of amides is 1. The number of aryl methyl sites for hydroxylation is 1. The number of aliphatic carboxylic acids is 1. The molecule has 1 aromatic heterocycles. The molecule has 186 valence electrons. The molecule has 35 heavy (non-hydrogen) atoms. The highest BCUT2D eigenvalue weighted by Crippen LogP contribution is 2.31. The largest absolute Gasteiger partial charge is 0.481 e. The number of carboxylic acids is 1. The number of carboxylic acid groups (broad SMARTS) is 1. The second kappa shape index (κ2) is 10.3. The van der Waals surface area contributed by atoms with Gasteiger partial charge in [0.05, 0.1) is 18.2 Å². The van der Waals surface area contributed by atoms with E-state index in [0.717, 1.165) is 11.1 Å². The van der Waals surface area contributed by atoms with Crippen LogP contribution in [-0.2, 0) is 4.79 Å². The summed E-state index contributed by atoms with van der Waals surface area (Å²) in [6, 6.07) is 17.3. The second-order valence-corrected chi connectivity index (χ2v) is 9.91. The van der Waals surface area contributed by atoms with E-state index >= 15 is 0 Å². The molecule has 3 rings (SSSR count). The van der Waals surface area contributed by atoms with Crippen molar-refractivity contribution < 1.29 is 24.5 Å². The van der Waals surface area contributed by atoms with E-state index in [-0.39, 0.29) is 24.6 Å². The van der Waals surface area contributed by atoms with Crippen LogP contribution < -0.4 is 10.1 Å². The van der Waals surface area contributed by atoms with Gasteiger partial charge in [-0.15, -0.1) is 0 Å². The Bertz CT molecular complexity index is 1180. The number of nitrogens with one attached hydrogen (secondary N) is 1. The van der Waals surface area contributed by atoms with Crippen LogP contribution in [0.2, 0.25) is 0 Å². The van der Waals surface area contributed by atoms with E-state index in [0.29, 0.717) is 5.69 Å². The number of hydrogen-bond acceptors (Lipinski definition) is 5. The van der Waals surface area contributed by atoms with Gasteiger partial charge in [0, 0.05) is 6.07 Å². The van der Waals surface area contributed by atoms with Crippen LogP contribution in [0.15, 0.2) is 60.7 Å². The molecule has 3 aromatic rings. The third kappa shape index (κ3) is 6.27. The number of benzene rings is 2. The van der Waals surface area contributed by atoms with Crippen LogP contribution in [0.5, 0.6) is 5.88 Å². The summed E-state index contributed by atoms with van der Waals surface area (Å²) >= 11 is 0. The number of para-hydroxylation sites is 1. The number of aromatic nitrogens is 2. The molecule has 0 aliphatic rings. The molecule has 1 amide bonds. The molecule has 0 saturated carbocycles. The van der Waals surface area contributed by atoms with E-state index in [4.69, 9.17) is 4.74 Å². The quantitative estimate of drug-likeness (QED) is 0.422. The first-order chi connectivity index (χ1) is 16.4. The first-order valence-corrected chi connectivity index (χ1v) is 11.5. The summed E-state index contributed by atoms with van der Waals surface area (Å²) in [6.07, 6.45) is -0.270. The first-order valence-electron chi connectivity index (χ1n) is 11.5. The standard InChI is InChI=1S/C27H33N3O5/c1-18-11-9-10-14-20(18)21(16-24(31)32)28-25(33)22-15-23(35-17-27(5,34)26(2,3)4)30(29-22)19-12-7-6-8-13-19/h6-15,21,34H,16-17H2,1-5H3,(H,28,33)(H,31,32)/t21-,27+/m0/s1. The summed E-state index contributed by atoms with van der Waals surface area (Å²) < 4.78 is 7.46. The lowest BCUT2D eigenvalue weighted by molar-refractivity contribution is -0.137. The second-order valence-electron chi connectivity index (χ2n) is 9.91. The van der Waals surface area contributed by atoms with E-state index < -0.39 is 28.9 Å². The summed E-state index contributed by atoms with van der Waals surface area (Å²) in [7, 11) is 0. The molecule has 0 bridgehead atoms. The zero-order chi connectivity index (χ0) is 25.8. The molecule has 0 radical (unpaired) electrons. The van der Waals surface area contributed by atoms with Gasteiger partial charge in [-0.2, -0.15) is 5.10 Å². The van der Waals surface area contributed by atoms with Gasteiger partial charge in [0.25, 0.3) is 5.91 Å². The van der Waals surface area contributed by atoms with Crippen molar-refractivity contribution in [1.29, 1.82) is 0 Å². The maximum atomic E-state index is 13.2. The minimum Gasteiger partial charge on any atom is -0.481 e. The molecule has 3 N–H and O–H groups in total. The lowest BCUT2D eigenvalue weighted by Crippen LogP contribution is -2.45. The molecule has 0 spiro atoms. The fourth-order valence-electron chi connectivity index (χ4n) is 3.39. The monoisotopic (exact) mass is 479 g/mol. The van der Waals surface area contributed by atoms with Crippen molar-refractivity contribution in [3.8, 4) is 11.6 Å². The van der Waals surface area contributed by atoms with E-state index in [1.165, 1.54) is 10.7 Å². The third-order valence-electron chi connectivity index (χ3n) is 6.27. The molecule has 0 unspecified atom stereocenters. The van der Waals surface area contributed by atoms with Gasteiger partial charge in [-0.1, -0.05) is 63.2 Å². The highest BCUT2D eigenvalue weighted by Gasteiger charge is 2.36. The summed E-state index contributed by atoms with van der Waals surface area (Å²) in [5, 5.41) is 27.5. The zero-order valence-electron chi connectivity index (χ0n) is 20.8. The van der Waals surface area contributed by atoms with Crippen LogP contribution in [0.4, 0.5) is 0 Å². The topological polar surface area (TPSA) is 114 Å².